The van der Waals surface area contributed by atoms with Crippen molar-refractivity contribution < 1.29 is 18.7 Å². The minimum absolute atomic E-state index is 0.106. The van der Waals surface area contributed by atoms with Gasteiger partial charge in [0, 0.05) is 5.56 Å². The second-order valence-electron chi connectivity index (χ2n) is 6.56. The Kier molecular flexibility index (Phi) is 6.32. The molecule has 2 amide bonds. The molecule has 8 heteroatoms. The molecule has 0 spiro atoms. The van der Waals surface area contributed by atoms with Crippen molar-refractivity contribution in [2.75, 3.05) is 4.90 Å². The minimum atomic E-state index is -0.437. The maximum atomic E-state index is 13.7. The van der Waals surface area contributed by atoms with Gasteiger partial charge in [-0.25, -0.2) is 9.29 Å². The highest BCUT2D eigenvalue weighted by Crippen LogP contribution is 2.37. The molecular weight excluding hydrogens is 460 g/mol. The number of carbonyl (C=O) groups excluding carboxylic acids is 2. The summed E-state index contributed by atoms with van der Waals surface area (Å²) in [5.74, 6) is -0.200. The molecule has 1 heterocycles. The maximum absolute atomic E-state index is 13.7. The van der Waals surface area contributed by atoms with Gasteiger partial charge in [0.05, 0.1) is 20.6 Å². The Labute approximate surface area is 192 Å². The lowest BCUT2D eigenvalue weighted by atomic mass is 10.2. The molecule has 3 aromatic carbocycles. The van der Waals surface area contributed by atoms with Crippen molar-refractivity contribution in [2.24, 2.45) is 0 Å². The van der Waals surface area contributed by atoms with Crippen molar-refractivity contribution in [3.63, 3.8) is 0 Å². The molecule has 1 aliphatic rings. The molecule has 3 aromatic rings. The number of halogens is 3. The van der Waals surface area contributed by atoms with Crippen LogP contribution in [0.2, 0.25) is 10.0 Å². The Hall–Kier alpha value is -2.80. The molecule has 0 N–H and O–H groups in total. The van der Waals surface area contributed by atoms with Gasteiger partial charge in [-0.1, -0.05) is 53.5 Å². The van der Waals surface area contributed by atoms with Gasteiger partial charge in [0.1, 0.15) is 18.2 Å². The number of benzene rings is 3. The summed E-state index contributed by atoms with van der Waals surface area (Å²) in [7, 11) is 0. The van der Waals surface area contributed by atoms with Crippen LogP contribution in [0.4, 0.5) is 14.9 Å². The Morgan fingerprint density at radius 3 is 2.42 bits per heavy atom. The summed E-state index contributed by atoms with van der Waals surface area (Å²) in [5.41, 5.74) is 1.54. The van der Waals surface area contributed by atoms with Crippen LogP contribution in [0.3, 0.4) is 0 Å². The number of nitrogens with zero attached hydrogens (tertiary/aromatic N) is 1. The van der Waals surface area contributed by atoms with E-state index in [1.807, 2.05) is 0 Å². The predicted octanol–water partition coefficient (Wildman–Crippen LogP) is 6.95. The summed E-state index contributed by atoms with van der Waals surface area (Å²) in [5, 5.41) is 0.179. The lowest BCUT2D eigenvalue weighted by Crippen LogP contribution is -2.27. The Morgan fingerprint density at radius 1 is 0.968 bits per heavy atom. The highest BCUT2D eigenvalue weighted by Gasteiger charge is 2.36. The number of rotatable bonds is 5. The van der Waals surface area contributed by atoms with Crippen molar-refractivity contribution in [3.05, 3.63) is 98.6 Å². The summed E-state index contributed by atoms with van der Waals surface area (Å²) >= 11 is 12.8. The SMILES string of the molecule is O=C1S/C(=C/c2ccc(OCc3ccccc3F)cc2)C(=O)N1c1ccc(Cl)c(Cl)c1. The van der Waals surface area contributed by atoms with E-state index in [-0.39, 0.29) is 22.4 Å². The number of ether oxygens (including phenoxy) is 1. The number of thioether (sulfide) groups is 1. The zero-order chi connectivity index (χ0) is 22.0. The lowest BCUT2D eigenvalue weighted by molar-refractivity contribution is -0.113. The van der Waals surface area contributed by atoms with Gasteiger partial charge in [0.25, 0.3) is 11.1 Å². The third-order valence-corrected chi connectivity index (χ3v) is 6.09. The normalized spacial score (nSPS) is 15.1. The first-order chi connectivity index (χ1) is 14.9. The largest absolute Gasteiger partial charge is 0.489 e. The van der Waals surface area contributed by atoms with E-state index in [0.29, 0.717) is 22.0 Å². The first-order valence-electron chi connectivity index (χ1n) is 9.11. The first-order valence-corrected chi connectivity index (χ1v) is 10.7. The topological polar surface area (TPSA) is 46.6 Å². The highest BCUT2D eigenvalue weighted by atomic mass is 35.5. The van der Waals surface area contributed by atoms with Crippen LogP contribution in [0, 0.1) is 5.82 Å². The van der Waals surface area contributed by atoms with Crippen molar-refractivity contribution in [1.82, 2.24) is 0 Å². The van der Waals surface area contributed by atoms with Crippen LogP contribution >= 0.6 is 35.0 Å². The van der Waals surface area contributed by atoms with Crippen LogP contribution < -0.4 is 9.64 Å². The monoisotopic (exact) mass is 473 g/mol. The molecule has 0 saturated carbocycles. The van der Waals surface area contributed by atoms with E-state index in [4.69, 9.17) is 27.9 Å². The van der Waals surface area contributed by atoms with Crippen molar-refractivity contribution >= 4 is 57.9 Å². The fourth-order valence-corrected chi connectivity index (χ4v) is 4.04. The summed E-state index contributed by atoms with van der Waals surface area (Å²) in [6.07, 6.45) is 1.63. The summed E-state index contributed by atoms with van der Waals surface area (Å²) in [4.78, 5) is 26.5. The van der Waals surface area contributed by atoms with Crippen molar-refractivity contribution in [3.8, 4) is 5.75 Å². The quantitative estimate of drug-likeness (QED) is 0.376. The van der Waals surface area contributed by atoms with Gasteiger partial charge in [-0.3, -0.25) is 9.59 Å². The second kappa shape index (κ2) is 9.14. The average Bonchev–Trinajstić information content (AvgIpc) is 3.03. The fraction of sp³-hybridized carbons (Fsp3) is 0.0435. The Bertz CT molecular complexity index is 1200. The summed E-state index contributed by atoms with van der Waals surface area (Å²) < 4.78 is 19.3. The lowest BCUT2D eigenvalue weighted by Gasteiger charge is -2.13. The first kappa shape index (κ1) is 21.4. The third kappa shape index (κ3) is 4.77. The van der Waals surface area contributed by atoms with Gasteiger partial charge in [-0.2, -0.15) is 0 Å². The number of amides is 2. The van der Waals surface area contributed by atoms with Gasteiger partial charge >= 0.3 is 0 Å². The van der Waals surface area contributed by atoms with Crippen LogP contribution in [0.25, 0.3) is 6.08 Å². The molecule has 0 radical (unpaired) electrons. The predicted molar refractivity (Wildman–Crippen MR) is 122 cm³/mol. The Morgan fingerprint density at radius 2 is 1.71 bits per heavy atom. The van der Waals surface area contributed by atoms with Crippen molar-refractivity contribution in [1.29, 1.82) is 0 Å². The molecule has 0 unspecified atom stereocenters. The van der Waals surface area contributed by atoms with E-state index in [0.717, 1.165) is 22.2 Å². The highest BCUT2D eigenvalue weighted by molar-refractivity contribution is 8.19. The zero-order valence-electron chi connectivity index (χ0n) is 15.8. The number of carbonyl (C=O) groups is 2. The molecule has 31 heavy (non-hydrogen) atoms. The third-order valence-electron chi connectivity index (χ3n) is 4.49. The van der Waals surface area contributed by atoms with Crippen LogP contribution in [0.5, 0.6) is 5.75 Å². The molecule has 4 rings (SSSR count). The van der Waals surface area contributed by atoms with Gasteiger partial charge in [-0.15, -0.1) is 0 Å². The number of hydrogen-bond donors (Lipinski definition) is 0. The number of hydrogen-bond acceptors (Lipinski definition) is 4. The smallest absolute Gasteiger partial charge is 0.298 e. The van der Waals surface area contributed by atoms with E-state index in [1.54, 1.807) is 54.6 Å². The molecule has 0 bridgehead atoms. The number of anilines is 1. The van der Waals surface area contributed by atoms with E-state index in [9.17, 15) is 14.0 Å². The van der Waals surface area contributed by atoms with E-state index in [1.165, 1.54) is 18.2 Å². The van der Waals surface area contributed by atoms with Gasteiger partial charge in [0.2, 0.25) is 0 Å². The van der Waals surface area contributed by atoms with Crippen LogP contribution in [-0.4, -0.2) is 11.1 Å². The summed E-state index contributed by atoms with van der Waals surface area (Å²) in [6, 6.07) is 17.9. The molecule has 156 valence electrons. The van der Waals surface area contributed by atoms with E-state index in [2.05, 4.69) is 0 Å². The van der Waals surface area contributed by atoms with Crippen LogP contribution in [0.1, 0.15) is 11.1 Å². The summed E-state index contributed by atoms with van der Waals surface area (Å²) in [6.45, 7) is 0.106. The second-order valence-corrected chi connectivity index (χ2v) is 8.37. The van der Waals surface area contributed by atoms with Gasteiger partial charge in [0.15, 0.2) is 0 Å². The van der Waals surface area contributed by atoms with E-state index >= 15 is 0 Å². The molecule has 4 nitrogen and oxygen atoms in total. The molecular formula is C23H14Cl2FNO3S. The van der Waals surface area contributed by atoms with Gasteiger partial charge < -0.3 is 4.74 Å². The van der Waals surface area contributed by atoms with Gasteiger partial charge in [-0.05, 0) is 59.8 Å². The van der Waals surface area contributed by atoms with E-state index < -0.39 is 11.1 Å². The Balaban J connectivity index is 1.47. The minimum Gasteiger partial charge on any atom is -0.489 e. The molecule has 1 aliphatic heterocycles. The molecule has 0 aliphatic carbocycles. The molecule has 0 aromatic heterocycles. The van der Waals surface area contributed by atoms with Crippen LogP contribution in [-0.2, 0) is 11.4 Å². The van der Waals surface area contributed by atoms with Crippen LogP contribution in [0.15, 0.2) is 71.6 Å². The average molecular weight is 474 g/mol. The molecule has 1 saturated heterocycles. The number of imide groups is 1. The zero-order valence-corrected chi connectivity index (χ0v) is 18.2. The standard InChI is InChI=1S/C23H14Cl2FNO3S/c24-18-10-7-16(12-19(18)25)27-22(28)21(31-23(27)29)11-14-5-8-17(9-6-14)30-13-15-3-1-2-4-20(15)26/h1-12H,13H2/b21-11+. The van der Waals surface area contributed by atoms with Crippen molar-refractivity contribution in [2.45, 2.75) is 6.61 Å². The maximum Gasteiger partial charge on any atom is 0.298 e. The fourth-order valence-electron chi connectivity index (χ4n) is 2.90. The molecule has 1 fully saturated rings. The molecule has 0 atom stereocenters.